The highest BCUT2D eigenvalue weighted by Crippen LogP contribution is 2.56. The molecule has 0 aliphatic carbocycles. The highest BCUT2D eigenvalue weighted by atomic mass is 16.7. The second kappa shape index (κ2) is 6.68. The summed E-state index contributed by atoms with van der Waals surface area (Å²) in [7, 11) is 1.63. The molecule has 2 rings (SSSR count). The van der Waals surface area contributed by atoms with Gasteiger partial charge < -0.3 is 14.2 Å². The van der Waals surface area contributed by atoms with Crippen LogP contribution in [0.2, 0.25) is 0 Å². The first-order valence-electron chi connectivity index (χ1n) is 9.03. The van der Waals surface area contributed by atoms with Crippen LogP contribution in [-0.2, 0) is 9.47 Å². The Morgan fingerprint density at radius 3 is 2.24 bits per heavy atom. The molecule has 0 saturated heterocycles. The van der Waals surface area contributed by atoms with Crippen LogP contribution >= 0.6 is 0 Å². The molecule has 1 aromatic carbocycles. The molecule has 140 valence electrons. The Balaban J connectivity index is 2.56. The number of rotatable bonds is 4. The maximum atomic E-state index is 6.62. The largest absolute Gasteiger partial charge is 0.488 e. The van der Waals surface area contributed by atoms with Crippen LogP contribution in [0.25, 0.3) is 5.76 Å². The molecule has 0 spiro atoms. The number of benzene rings is 1. The van der Waals surface area contributed by atoms with Gasteiger partial charge in [0.25, 0.3) is 0 Å². The van der Waals surface area contributed by atoms with Crippen molar-refractivity contribution in [2.24, 2.45) is 16.2 Å². The molecular weight excluding hydrogens is 312 g/mol. The Labute approximate surface area is 153 Å². The molecule has 3 heteroatoms. The summed E-state index contributed by atoms with van der Waals surface area (Å²) in [4.78, 5) is 0. The van der Waals surface area contributed by atoms with Gasteiger partial charge in [0.1, 0.15) is 17.6 Å². The van der Waals surface area contributed by atoms with Crippen molar-refractivity contribution >= 4 is 5.76 Å². The minimum absolute atomic E-state index is 0.0161. The standard InChI is InChI=1S/C22H34O3/c1-20(2,3)18-17(25-19(21(4,5)6)22(18,7)8)15-11-10-12-16(13-15)24-14-23-9/h10-13,19H,14H2,1-9H3. The summed E-state index contributed by atoms with van der Waals surface area (Å²) in [5.74, 6) is 1.79. The third-order valence-electron chi connectivity index (χ3n) is 4.74. The minimum Gasteiger partial charge on any atom is -0.488 e. The second-order valence-corrected chi connectivity index (χ2v) is 9.62. The van der Waals surface area contributed by atoms with E-state index in [-0.39, 0.29) is 29.1 Å². The smallest absolute Gasteiger partial charge is 0.188 e. The van der Waals surface area contributed by atoms with Gasteiger partial charge in [0, 0.05) is 18.1 Å². The van der Waals surface area contributed by atoms with E-state index in [2.05, 4.69) is 61.5 Å². The van der Waals surface area contributed by atoms with Gasteiger partial charge >= 0.3 is 0 Å². The molecule has 1 aliphatic heterocycles. The highest BCUT2D eigenvalue weighted by Gasteiger charge is 2.52. The lowest BCUT2D eigenvalue weighted by molar-refractivity contribution is 0.00750. The highest BCUT2D eigenvalue weighted by molar-refractivity contribution is 5.69. The molecule has 1 aromatic rings. The lowest BCUT2D eigenvalue weighted by atomic mass is 9.64. The Hall–Kier alpha value is -1.48. The van der Waals surface area contributed by atoms with Gasteiger partial charge in [-0.05, 0) is 28.5 Å². The number of hydrogen-bond acceptors (Lipinski definition) is 3. The molecule has 1 aliphatic rings. The van der Waals surface area contributed by atoms with Crippen LogP contribution in [0.5, 0.6) is 5.75 Å². The SMILES string of the molecule is COCOc1cccc(C2=C(C(C)(C)C)C(C)(C)C(C(C)(C)C)O2)c1. The quantitative estimate of drug-likeness (QED) is 0.635. The van der Waals surface area contributed by atoms with E-state index in [9.17, 15) is 0 Å². The van der Waals surface area contributed by atoms with Crippen molar-refractivity contribution in [3.05, 3.63) is 35.4 Å². The molecule has 1 heterocycles. The molecule has 1 atom stereocenters. The van der Waals surface area contributed by atoms with Gasteiger partial charge in [-0.25, -0.2) is 0 Å². The fourth-order valence-corrected chi connectivity index (χ4v) is 4.38. The lowest BCUT2D eigenvalue weighted by Gasteiger charge is -2.40. The summed E-state index contributed by atoms with van der Waals surface area (Å²) in [5, 5.41) is 0. The van der Waals surface area contributed by atoms with E-state index in [4.69, 9.17) is 14.2 Å². The van der Waals surface area contributed by atoms with E-state index in [1.54, 1.807) is 7.11 Å². The molecule has 0 bridgehead atoms. The van der Waals surface area contributed by atoms with E-state index in [1.807, 2.05) is 18.2 Å². The van der Waals surface area contributed by atoms with Gasteiger partial charge in [-0.2, -0.15) is 0 Å². The molecule has 0 radical (unpaired) electrons. The lowest BCUT2D eigenvalue weighted by Crippen LogP contribution is -2.40. The molecule has 0 saturated carbocycles. The maximum absolute atomic E-state index is 6.62. The van der Waals surface area contributed by atoms with E-state index in [0.717, 1.165) is 17.1 Å². The van der Waals surface area contributed by atoms with Crippen LogP contribution < -0.4 is 4.74 Å². The van der Waals surface area contributed by atoms with Crippen LogP contribution in [0.3, 0.4) is 0 Å². The van der Waals surface area contributed by atoms with Gasteiger partial charge in [0.05, 0.1) is 0 Å². The Morgan fingerprint density at radius 2 is 1.72 bits per heavy atom. The van der Waals surface area contributed by atoms with E-state index in [0.29, 0.717) is 0 Å². The zero-order valence-corrected chi connectivity index (χ0v) is 17.3. The predicted molar refractivity (Wildman–Crippen MR) is 103 cm³/mol. The van der Waals surface area contributed by atoms with Crippen LogP contribution in [0, 0.1) is 16.2 Å². The third kappa shape index (κ3) is 4.03. The van der Waals surface area contributed by atoms with Crippen molar-refractivity contribution in [2.45, 2.75) is 61.5 Å². The fourth-order valence-electron chi connectivity index (χ4n) is 4.38. The predicted octanol–water partition coefficient (Wildman–Crippen LogP) is 5.90. The Bertz CT molecular complexity index is 642. The molecule has 25 heavy (non-hydrogen) atoms. The molecule has 0 aromatic heterocycles. The summed E-state index contributed by atoms with van der Waals surface area (Å²) >= 11 is 0. The van der Waals surface area contributed by atoms with E-state index >= 15 is 0 Å². The van der Waals surface area contributed by atoms with E-state index < -0.39 is 0 Å². The summed E-state index contributed by atoms with van der Waals surface area (Å²) < 4.78 is 17.3. The van der Waals surface area contributed by atoms with Gasteiger partial charge in [-0.1, -0.05) is 67.5 Å². The van der Waals surface area contributed by atoms with Crippen LogP contribution in [0.15, 0.2) is 29.8 Å². The molecule has 3 nitrogen and oxygen atoms in total. The van der Waals surface area contributed by atoms with Gasteiger partial charge in [0.15, 0.2) is 6.79 Å². The van der Waals surface area contributed by atoms with Crippen molar-refractivity contribution < 1.29 is 14.2 Å². The average Bonchev–Trinajstić information content (AvgIpc) is 2.76. The van der Waals surface area contributed by atoms with Gasteiger partial charge in [-0.3, -0.25) is 0 Å². The van der Waals surface area contributed by atoms with Crippen LogP contribution in [0.1, 0.15) is 61.0 Å². The maximum Gasteiger partial charge on any atom is 0.188 e. The fraction of sp³-hybridized carbons (Fsp3) is 0.636. The molecule has 0 amide bonds. The summed E-state index contributed by atoms with van der Waals surface area (Å²) in [6, 6.07) is 8.10. The minimum atomic E-state index is -0.0464. The summed E-state index contributed by atoms with van der Waals surface area (Å²) in [6.07, 6.45) is 0.118. The zero-order valence-electron chi connectivity index (χ0n) is 17.3. The first-order chi connectivity index (χ1) is 11.4. The molecule has 1 unspecified atom stereocenters. The molecule has 0 fully saturated rings. The van der Waals surface area contributed by atoms with Gasteiger partial charge in [-0.15, -0.1) is 0 Å². The number of methoxy groups -OCH3 is 1. The van der Waals surface area contributed by atoms with Crippen LogP contribution in [0.4, 0.5) is 0 Å². The summed E-state index contributed by atoms with van der Waals surface area (Å²) in [5.41, 5.74) is 2.45. The topological polar surface area (TPSA) is 27.7 Å². The molecular formula is C22H34O3. The second-order valence-electron chi connectivity index (χ2n) is 9.62. The first-order valence-corrected chi connectivity index (χ1v) is 9.03. The Kier molecular flexibility index (Phi) is 5.30. The number of hydrogen-bond donors (Lipinski definition) is 0. The van der Waals surface area contributed by atoms with Crippen molar-refractivity contribution in [3.8, 4) is 5.75 Å². The average molecular weight is 347 g/mol. The van der Waals surface area contributed by atoms with Gasteiger partial charge in [0.2, 0.25) is 0 Å². The third-order valence-corrected chi connectivity index (χ3v) is 4.74. The van der Waals surface area contributed by atoms with Crippen molar-refractivity contribution in [3.63, 3.8) is 0 Å². The van der Waals surface area contributed by atoms with Crippen molar-refractivity contribution in [2.75, 3.05) is 13.9 Å². The first kappa shape index (κ1) is 19.8. The number of ether oxygens (including phenoxy) is 3. The Morgan fingerprint density at radius 1 is 1.08 bits per heavy atom. The van der Waals surface area contributed by atoms with Crippen molar-refractivity contribution in [1.82, 2.24) is 0 Å². The monoisotopic (exact) mass is 346 g/mol. The zero-order chi connectivity index (χ0) is 19.0. The molecule has 0 N–H and O–H groups in total. The van der Waals surface area contributed by atoms with Crippen molar-refractivity contribution in [1.29, 1.82) is 0 Å². The van der Waals surface area contributed by atoms with E-state index in [1.165, 1.54) is 5.57 Å². The summed E-state index contributed by atoms with van der Waals surface area (Å²) in [6.45, 7) is 18.4. The normalized spacial score (nSPS) is 20.6. The van der Waals surface area contributed by atoms with Crippen LogP contribution in [-0.4, -0.2) is 20.0 Å².